The van der Waals surface area contributed by atoms with E-state index in [0.29, 0.717) is 21.8 Å². The Labute approximate surface area is 277 Å². The molecule has 0 bridgehead atoms. The van der Waals surface area contributed by atoms with Gasteiger partial charge in [0.2, 0.25) is 0 Å². The van der Waals surface area contributed by atoms with Crippen LogP contribution in [0.25, 0.3) is 11.1 Å². The van der Waals surface area contributed by atoms with Gasteiger partial charge in [-0.25, -0.2) is 18.4 Å². The highest BCUT2D eigenvalue weighted by Crippen LogP contribution is 2.34. The predicted molar refractivity (Wildman–Crippen MR) is 171 cm³/mol. The molecule has 4 aromatic carbocycles. The standard InChI is InChI=1S/C36H30F5N3O5/c1-22-31(25-15-9-18-30(48-2)32(25)38)33(45)44(35(47)43(22)19-26-27(36(39,40)41)16-10-17-28(26)37)20-29(24-13-7-4-8-14-24)42-34(46)49-21-23-11-5-3-6-12-23/h3-18,29H,19-21H2,1-2H3,(H,42,46)/t29-/m0/s1. The fourth-order valence-electron chi connectivity index (χ4n) is 5.47. The number of ether oxygens (including phenoxy) is 2. The van der Waals surface area contributed by atoms with E-state index in [1.54, 1.807) is 60.7 Å². The first-order valence-corrected chi connectivity index (χ1v) is 14.9. The number of amides is 1. The van der Waals surface area contributed by atoms with E-state index in [-0.39, 0.29) is 29.2 Å². The largest absolute Gasteiger partial charge is 0.494 e. The molecule has 5 rings (SSSR count). The normalized spacial score (nSPS) is 12.0. The highest BCUT2D eigenvalue weighted by Gasteiger charge is 2.35. The van der Waals surface area contributed by atoms with Crippen LogP contribution in [0.2, 0.25) is 0 Å². The summed E-state index contributed by atoms with van der Waals surface area (Å²) in [6, 6.07) is 22.3. The number of halogens is 5. The fourth-order valence-corrected chi connectivity index (χ4v) is 5.47. The molecular weight excluding hydrogens is 649 g/mol. The number of rotatable bonds is 10. The number of nitrogens with zero attached hydrogens (tertiary/aromatic N) is 2. The lowest BCUT2D eigenvalue weighted by Crippen LogP contribution is -2.45. The van der Waals surface area contributed by atoms with Crippen molar-refractivity contribution >= 4 is 6.09 Å². The van der Waals surface area contributed by atoms with Crippen molar-refractivity contribution in [1.29, 1.82) is 0 Å². The molecule has 1 amide bonds. The minimum atomic E-state index is -4.98. The Morgan fingerprint density at radius 1 is 0.857 bits per heavy atom. The maximum Gasteiger partial charge on any atom is 0.416 e. The van der Waals surface area contributed by atoms with E-state index >= 15 is 8.78 Å². The minimum absolute atomic E-state index is 0.0884. The van der Waals surface area contributed by atoms with Crippen LogP contribution in [0.1, 0.15) is 34.0 Å². The fraction of sp³-hybridized carbons (Fsp3) is 0.194. The third-order valence-electron chi connectivity index (χ3n) is 7.95. The van der Waals surface area contributed by atoms with E-state index < -0.39 is 65.4 Å². The third-order valence-corrected chi connectivity index (χ3v) is 7.95. The number of carbonyl (C=O) groups excluding carboxylic acids is 1. The lowest BCUT2D eigenvalue weighted by atomic mass is 10.0. The molecule has 0 radical (unpaired) electrons. The van der Waals surface area contributed by atoms with Crippen molar-refractivity contribution in [2.45, 2.75) is 38.8 Å². The second-order valence-corrected chi connectivity index (χ2v) is 11.0. The van der Waals surface area contributed by atoms with Gasteiger partial charge in [-0.2, -0.15) is 13.2 Å². The number of methoxy groups -OCH3 is 1. The Hall–Kier alpha value is -5.72. The van der Waals surface area contributed by atoms with Crippen LogP contribution in [0.5, 0.6) is 5.75 Å². The molecule has 0 aliphatic heterocycles. The summed E-state index contributed by atoms with van der Waals surface area (Å²) in [4.78, 5) is 41.2. The summed E-state index contributed by atoms with van der Waals surface area (Å²) < 4.78 is 84.5. The van der Waals surface area contributed by atoms with Crippen LogP contribution < -0.4 is 21.3 Å². The first-order valence-electron chi connectivity index (χ1n) is 14.9. The van der Waals surface area contributed by atoms with Crippen molar-refractivity contribution < 1.29 is 36.2 Å². The molecule has 1 atom stereocenters. The van der Waals surface area contributed by atoms with E-state index in [2.05, 4.69) is 5.32 Å². The molecule has 5 aromatic rings. The van der Waals surface area contributed by atoms with Crippen molar-refractivity contribution in [3.8, 4) is 16.9 Å². The molecule has 0 saturated carbocycles. The van der Waals surface area contributed by atoms with Crippen LogP contribution in [0.15, 0.2) is 107 Å². The highest BCUT2D eigenvalue weighted by atomic mass is 19.4. The first kappa shape index (κ1) is 34.6. The topological polar surface area (TPSA) is 91.6 Å². The molecular formula is C36H30F5N3O5. The van der Waals surface area contributed by atoms with Gasteiger partial charge >= 0.3 is 18.0 Å². The number of aromatic nitrogens is 2. The molecule has 1 N–H and O–H groups in total. The van der Waals surface area contributed by atoms with Gasteiger partial charge in [-0.3, -0.25) is 13.9 Å². The molecule has 13 heteroatoms. The number of hydrogen-bond acceptors (Lipinski definition) is 5. The summed E-state index contributed by atoms with van der Waals surface area (Å²) >= 11 is 0. The molecule has 0 fully saturated rings. The average molecular weight is 680 g/mol. The van der Waals surface area contributed by atoms with E-state index in [9.17, 15) is 27.6 Å². The van der Waals surface area contributed by atoms with Crippen molar-refractivity contribution in [3.05, 3.63) is 157 Å². The van der Waals surface area contributed by atoms with Gasteiger partial charge < -0.3 is 14.8 Å². The number of alkyl carbamates (subject to hydrolysis) is 1. The molecule has 0 aliphatic carbocycles. The van der Waals surface area contributed by atoms with Crippen LogP contribution in [-0.2, 0) is 30.6 Å². The summed E-state index contributed by atoms with van der Waals surface area (Å²) in [5.74, 6) is -2.44. The molecule has 1 heterocycles. The van der Waals surface area contributed by atoms with Crippen LogP contribution >= 0.6 is 0 Å². The number of nitrogens with one attached hydrogen (secondary N) is 1. The molecule has 1 aromatic heterocycles. The first-order chi connectivity index (χ1) is 23.4. The third kappa shape index (κ3) is 7.56. The lowest BCUT2D eigenvalue weighted by Gasteiger charge is -2.23. The van der Waals surface area contributed by atoms with Gasteiger partial charge in [0.05, 0.1) is 37.4 Å². The van der Waals surface area contributed by atoms with Gasteiger partial charge in [-0.1, -0.05) is 78.9 Å². The molecule has 8 nitrogen and oxygen atoms in total. The van der Waals surface area contributed by atoms with Crippen LogP contribution in [-0.4, -0.2) is 22.3 Å². The second kappa shape index (κ2) is 14.6. The minimum Gasteiger partial charge on any atom is -0.494 e. The zero-order valence-corrected chi connectivity index (χ0v) is 26.3. The molecule has 254 valence electrons. The molecule has 0 spiro atoms. The number of carbonyl (C=O) groups is 1. The molecule has 0 unspecified atom stereocenters. The Kier molecular flexibility index (Phi) is 10.3. The van der Waals surface area contributed by atoms with Gasteiger partial charge in [0.1, 0.15) is 12.4 Å². The van der Waals surface area contributed by atoms with Gasteiger partial charge in [-0.15, -0.1) is 0 Å². The Bertz CT molecular complexity index is 2080. The van der Waals surface area contributed by atoms with E-state index in [4.69, 9.17) is 9.47 Å². The summed E-state index contributed by atoms with van der Waals surface area (Å²) in [6.45, 7) is -0.337. The zero-order valence-electron chi connectivity index (χ0n) is 26.3. The SMILES string of the molecule is COc1cccc(-c2c(C)n(Cc3c(F)cccc3C(F)(F)F)c(=O)n(C[C@H](NC(=O)OCc3ccccc3)c3ccccc3)c2=O)c1F. The smallest absolute Gasteiger partial charge is 0.416 e. The van der Waals surface area contributed by atoms with E-state index in [1.807, 2.05) is 0 Å². The Morgan fingerprint density at radius 2 is 1.51 bits per heavy atom. The summed E-state index contributed by atoms with van der Waals surface area (Å²) in [5.41, 5.74) is -4.06. The van der Waals surface area contributed by atoms with Crippen LogP contribution in [0.3, 0.4) is 0 Å². The van der Waals surface area contributed by atoms with Gasteiger partial charge in [0, 0.05) is 16.8 Å². The summed E-state index contributed by atoms with van der Waals surface area (Å²) in [6.07, 6.45) is -5.87. The zero-order chi connectivity index (χ0) is 35.3. The van der Waals surface area contributed by atoms with Gasteiger partial charge in [0.15, 0.2) is 11.6 Å². The Balaban J connectivity index is 1.67. The summed E-state index contributed by atoms with van der Waals surface area (Å²) in [7, 11) is 1.21. The molecule has 49 heavy (non-hydrogen) atoms. The van der Waals surface area contributed by atoms with Gasteiger partial charge in [0.25, 0.3) is 5.56 Å². The maximum absolute atomic E-state index is 15.7. The monoisotopic (exact) mass is 679 g/mol. The number of alkyl halides is 3. The molecule has 0 saturated heterocycles. The van der Waals surface area contributed by atoms with E-state index in [1.165, 1.54) is 32.2 Å². The number of hydrogen-bond donors (Lipinski definition) is 1. The van der Waals surface area contributed by atoms with Crippen LogP contribution in [0.4, 0.5) is 26.7 Å². The van der Waals surface area contributed by atoms with Crippen molar-refractivity contribution in [1.82, 2.24) is 14.5 Å². The lowest BCUT2D eigenvalue weighted by molar-refractivity contribution is -0.138. The average Bonchev–Trinajstić information content (AvgIpc) is 3.08. The molecule has 0 aliphatic rings. The van der Waals surface area contributed by atoms with Crippen molar-refractivity contribution in [2.24, 2.45) is 0 Å². The maximum atomic E-state index is 15.7. The number of benzene rings is 4. The highest BCUT2D eigenvalue weighted by molar-refractivity contribution is 5.68. The quantitative estimate of drug-likeness (QED) is 0.161. The Morgan fingerprint density at radius 3 is 2.16 bits per heavy atom. The van der Waals surface area contributed by atoms with Crippen LogP contribution in [0, 0.1) is 18.6 Å². The second-order valence-electron chi connectivity index (χ2n) is 11.0. The van der Waals surface area contributed by atoms with Crippen molar-refractivity contribution in [2.75, 3.05) is 7.11 Å². The van der Waals surface area contributed by atoms with Crippen molar-refractivity contribution in [3.63, 3.8) is 0 Å². The predicted octanol–water partition coefficient (Wildman–Crippen LogP) is 7.01. The summed E-state index contributed by atoms with van der Waals surface area (Å²) in [5, 5.41) is 2.65. The van der Waals surface area contributed by atoms with Gasteiger partial charge in [-0.05, 0) is 36.2 Å². The van der Waals surface area contributed by atoms with E-state index in [0.717, 1.165) is 16.7 Å².